The minimum Gasteiger partial charge on any atom is -0.336 e. The number of nitrogens with zero attached hydrogens (tertiary/aromatic N) is 4. The number of amides is 1. The summed E-state index contributed by atoms with van der Waals surface area (Å²) in [7, 11) is 0. The van der Waals surface area contributed by atoms with Crippen LogP contribution in [0.25, 0.3) is 10.9 Å². The average molecular weight is 406 g/mol. The van der Waals surface area contributed by atoms with Gasteiger partial charge in [0.05, 0.1) is 22.8 Å². The molecule has 1 fully saturated rings. The zero-order chi connectivity index (χ0) is 21.3. The SMILES string of the molecule is Cc1nc2cc(F)ccc2cc1C(=O)N1CCN([C@H](C#N)c2ccc(F)cc2)CC1. The number of fused-ring (bicyclic) bond motifs is 1. The lowest BCUT2D eigenvalue weighted by atomic mass is 10.0. The number of nitriles is 1. The van der Waals surface area contributed by atoms with Gasteiger partial charge in [-0.05, 0) is 42.8 Å². The maximum absolute atomic E-state index is 13.4. The minimum atomic E-state index is -0.484. The van der Waals surface area contributed by atoms with E-state index in [0.717, 1.165) is 5.56 Å². The van der Waals surface area contributed by atoms with Crippen LogP contribution in [0.15, 0.2) is 48.5 Å². The highest BCUT2D eigenvalue weighted by atomic mass is 19.1. The van der Waals surface area contributed by atoms with Crippen molar-refractivity contribution in [2.24, 2.45) is 0 Å². The third-order valence-corrected chi connectivity index (χ3v) is 5.48. The van der Waals surface area contributed by atoms with Crippen LogP contribution in [0.3, 0.4) is 0 Å². The van der Waals surface area contributed by atoms with Crippen molar-refractivity contribution in [3.05, 3.63) is 77.0 Å². The van der Waals surface area contributed by atoms with Crippen molar-refractivity contribution in [2.45, 2.75) is 13.0 Å². The maximum atomic E-state index is 13.4. The van der Waals surface area contributed by atoms with E-state index in [2.05, 4.69) is 11.1 Å². The van der Waals surface area contributed by atoms with Gasteiger partial charge in [0.1, 0.15) is 17.7 Å². The summed E-state index contributed by atoms with van der Waals surface area (Å²) in [6, 6.07) is 13.8. The van der Waals surface area contributed by atoms with Crippen LogP contribution < -0.4 is 0 Å². The van der Waals surface area contributed by atoms with Crippen molar-refractivity contribution in [1.82, 2.24) is 14.8 Å². The Morgan fingerprint density at radius 1 is 1.03 bits per heavy atom. The molecule has 7 heteroatoms. The number of halogens is 2. The molecule has 30 heavy (non-hydrogen) atoms. The van der Waals surface area contributed by atoms with E-state index in [4.69, 9.17) is 0 Å². The van der Waals surface area contributed by atoms with Crippen LogP contribution in [0.5, 0.6) is 0 Å². The lowest BCUT2D eigenvalue weighted by Crippen LogP contribution is -2.49. The topological polar surface area (TPSA) is 60.2 Å². The molecular weight excluding hydrogens is 386 g/mol. The number of carbonyl (C=O) groups is 1. The Kier molecular flexibility index (Phi) is 5.42. The predicted octanol–water partition coefficient (Wildman–Crippen LogP) is 3.84. The van der Waals surface area contributed by atoms with Gasteiger partial charge in [0, 0.05) is 37.6 Å². The third kappa shape index (κ3) is 3.87. The highest BCUT2D eigenvalue weighted by molar-refractivity contribution is 5.98. The van der Waals surface area contributed by atoms with Crippen molar-refractivity contribution in [1.29, 1.82) is 5.26 Å². The summed E-state index contributed by atoms with van der Waals surface area (Å²) in [5.74, 6) is -0.827. The summed E-state index contributed by atoms with van der Waals surface area (Å²) in [5.41, 5.74) is 2.31. The summed E-state index contributed by atoms with van der Waals surface area (Å²) < 4.78 is 26.6. The summed E-state index contributed by atoms with van der Waals surface area (Å²) in [6.45, 7) is 3.76. The van der Waals surface area contributed by atoms with Crippen molar-refractivity contribution in [2.75, 3.05) is 26.2 Å². The van der Waals surface area contributed by atoms with E-state index < -0.39 is 6.04 Å². The zero-order valence-electron chi connectivity index (χ0n) is 16.5. The van der Waals surface area contributed by atoms with Gasteiger partial charge in [0.2, 0.25) is 0 Å². The first-order valence-corrected chi connectivity index (χ1v) is 9.71. The van der Waals surface area contributed by atoms with Gasteiger partial charge >= 0.3 is 0 Å². The van der Waals surface area contributed by atoms with E-state index in [1.54, 1.807) is 36.1 Å². The average Bonchev–Trinajstić information content (AvgIpc) is 2.75. The first-order valence-electron chi connectivity index (χ1n) is 9.71. The molecule has 0 radical (unpaired) electrons. The fourth-order valence-electron chi connectivity index (χ4n) is 3.82. The van der Waals surface area contributed by atoms with Gasteiger partial charge in [-0.1, -0.05) is 12.1 Å². The molecule has 3 aromatic rings. The largest absolute Gasteiger partial charge is 0.336 e. The van der Waals surface area contributed by atoms with E-state index in [0.29, 0.717) is 48.3 Å². The normalized spacial score (nSPS) is 15.7. The highest BCUT2D eigenvalue weighted by Crippen LogP contribution is 2.24. The molecule has 0 saturated carbocycles. The molecule has 1 saturated heterocycles. The molecule has 1 atom stereocenters. The van der Waals surface area contributed by atoms with Crippen LogP contribution in [0, 0.1) is 29.9 Å². The van der Waals surface area contributed by atoms with E-state index in [1.807, 2.05) is 4.90 Å². The van der Waals surface area contributed by atoms with Crippen LogP contribution in [0.4, 0.5) is 8.78 Å². The Morgan fingerprint density at radius 2 is 1.70 bits per heavy atom. The predicted molar refractivity (Wildman–Crippen MR) is 109 cm³/mol. The van der Waals surface area contributed by atoms with Crippen LogP contribution >= 0.6 is 0 Å². The first-order chi connectivity index (χ1) is 14.5. The standard InChI is InChI=1S/C23H20F2N4O/c1-15-20(12-17-4-7-19(25)13-21(17)27-15)23(30)29-10-8-28(9-11-29)22(14-26)16-2-5-18(24)6-3-16/h2-7,12-13,22H,8-11H2,1H3/t22-/m1/s1. The Labute approximate surface area is 173 Å². The van der Waals surface area contributed by atoms with Gasteiger partial charge in [-0.3, -0.25) is 14.7 Å². The lowest BCUT2D eigenvalue weighted by Gasteiger charge is -2.37. The monoisotopic (exact) mass is 406 g/mol. The fourth-order valence-corrected chi connectivity index (χ4v) is 3.82. The van der Waals surface area contributed by atoms with Gasteiger partial charge in [-0.25, -0.2) is 8.78 Å². The van der Waals surface area contributed by atoms with Crippen molar-refractivity contribution >= 4 is 16.8 Å². The highest BCUT2D eigenvalue weighted by Gasteiger charge is 2.28. The molecule has 152 valence electrons. The second kappa shape index (κ2) is 8.17. The van der Waals surface area contributed by atoms with Gasteiger partial charge in [0.15, 0.2) is 0 Å². The summed E-state index contributed by atoms with van der Waals surface area (Å²) in [6.07, 6.45) is 0. The Bertz CT molecular complexity index is 1130. The number of aryl methyl sites for hydroxylation is 1. The molecule has 0 unspecified atom stereocenters. The minimum absolute atomic E-state index is 0.124. The summed E-state index contributed by atoms with van der Waals surface area (Å²) in [4.78, 5) is 21.2. The fraction of sp³-hybridized carbons (Fsp3) is 0.261. The van der Waals surface area contributed by atoms with E-state index in [-0.39, 0.29) is 17.5 Å². The number of aromatic nitrogens is 1. The van der Waals surface area contributed by atoms with Gasteiger partial charge in [-0.2, -0.15) is 5.26 Å². The Balaban J connectivity index is 1.48. The Hall–Kier alpha value is -3.37. The number of pyridine rings is 1. The lowest BCUT2D eigenvalue weighted by molar-refractivity contribution is 0.0605. The van der Waals surface area contributed by atoms with Crippen molar-refractivity contribution in [3.8, 4) is 6.07 Å². The van der Waals surface area contributed by atoms with Gasteiger partial charge in [0.25, 0.3) is 5.91 Å². The first kappa shape index (κ1) is 19.9. The van der Waals surface area contributed by atoms with Gasteiger partial charge < -0.3 is 4.90 Å². The number of rotatable bonds is 3. The van der Waals surface area contributed by atoms with Crippen molar-refractivity contribution < 1.29 is 13.6 Å². The molecule has 0 N–H and O–H groups in total. The van der Waals surface area contributed by atoms with Crippen LogP contribution in [0.1, 0.15) is 27.7 Å². The quantitative estimate of drug-likeness (QED) is 0.663. The molecule has 1 aromatic heterocycles. The Morgan fingerprint density at radius 3 is 2.37 bits per heavy atom. The smallest absolute Gasteiger partial charge is 0.255 e. The number of piperazine rings is 1. The number of carbonyl (C=O) groups excluding carboxylic acids is 1. The molecule has 1 amide bonds. The molecule has 5 nitrogen and oxygen atoms in total. The second-order valence-electron chi connectivity index (χ2n) is 7.37. The number of hydrogen-bond donors (Lipinski definition) is 0. The molecule has 2 aromatic carbocycles. The van der Waals surface area contributed by atoms with Crippen LogP contribution in [0.2, 0.25) is 0 Å². The molecule has 0 aliphatic carbocycles. The van der Waals surface area contributed by atoms with Gasteiger partial charge in [-0.15, -0.1) is 0 Å². The molecule has 1 aliphatic rings. The molecule has 0 bridgehead atoms. The number of benzene rings is 2. The van der Waals surface area contributed by atoms with E-state index >= 15 is 0 Å². The molecule has 2 heterocycles. The molecule has 1 aliphatic heterocycles. The van der Waals surface area contributed by atoms with E-state index in [1.165, 1.54) is 24.3 Å². The molecule has 0 spiro atoms. The number of hydrogen-bond acceptors (Lipinski definition) is 4. The zero-order valence-corrected chi connectivity index (χ0v) is 16.5. The van der Waals surface area contributed by atoms with Crippen LogP contribution in [-0.2, 0) is 0 Å². The third-order valence-electron chi connectivity index (χ3n) is 5.48. The molecule has 4 rings (SSSR count). The van der Waals surface area contributed by atoms with Crippen LogP contribution in [-0.4, -0.2) is 46.9 Å². The second-order valence-corrected chi connectivity index (χ2v) is 7.37. The summed E-state index contributed by atoms with van der Waals surface area (Å²) in [5, 5.41) is 10.3. The molecular formula is C23H20F2N4O. The van der Waals surface area contributed by atoms with Crippen molar-refractivity contribution in [3.63, 3.8) is 0 Å². The summed E-state index contributed by atoms with van der Waals surface area (Å²) >= 11 is 0. The maximum Gasteiger partial charge on any atom is 0.255 e. The van der Waals surface area contributed by atoms with E-state index in [9.17, 15) is 18.8 Å².